The summed E-state index contributed by atoms with van der Waals surface area (Å²) in [6, 6.07) is 4.03. The lowest BCUT2D eigenvalue weighted by Gasteiger charge is -2.38. The zero-order valence-corrected chi connectivity index (χ0v) is 12.8. The summed E-state index contributed by atoms with van der Waals surface area (Å²) in [5.41, 5.74) is 2.06. The second kappa shape index (κ2) is 5.56. The van der Waals surface area contributed by atoms with Gasteiger partial charge in [0.1, 0.15) is 5.75 Å². The molecule has 1 aromatic carbocycles. The molecule has 5 heteroatoms. The van der Waals surface area contributed by atoms with Crippen LogP contribution in [0.3, 0.4) is 0 Å². The SMILES string of the molecule is CCCCC1Sc2cc(OC)cc3c2N(CCN3)C1=O. The lowest BCUT2D eigenvalue weighted by atomic mass is 10.1. The molecule has 2 aliphatic heterocycles. The Balaban J connectivity index is 1.99. The number of thioether (sulfide) groups is 1. The van der Waals surface area contributed by atoms with Crippen molar-refractivity contribution in [3.8, 4) is 5.75 Å². The van der Waals surface area contributed by atoms with Crippen molar-refractivity contribution in [2.24, 2.45) is 0 Å². The molecule has 2 heterocycles. The summed E-state index contributed by atoms with van der Waals surface area (Å²) in [6.45, 7) is 3.72. The van der Waals surface area contributed by atoms with Gasteiger partial charge in [0.05, 0.1) is 23.7 Å². The fourth-order valence-corrected chi connectivity index (χ4v) is 4.12. The summed E-state index contributed by atoms with van der Waals surface area (Å²) in [5, 5.41) is 3.42. The van der Waals surface area contributed by atoms with Gasteiger partial charge in [0.15, 0.2) is 0 Å². The van der Waals surface area contributed by atoms with Crippen LogP contribution in [-0.4, -0.2) is 31.4 Å². The van der Waals surface area contributed by atoms with Crippen LogP contribution in [0.5, 0.6) is 5.75 Å². The maximum atomic E-state index is 12.6. The molecule has 1 N–H and O–H groups in total. The first-order valence-electron chi connectivity index (χ1n) is 7.18. The highest BCUT2D eigenvalue weighted by atomic mass is 32.2. The lowest BCUT2D eigenvalue weighted by molar-refractivity contribution is -0.118. The number of hydrogen-bond acceptors (Lipinski definition) is 4. The van der Waals surface area contributed by atoms with Crippen LogP contribution < -0.4 is 15.0 Å². The van der Waals surface area contributed by atoms with Crippen LogP contribution in [0.15, 0.2) is 17.0 Å². The molecule has 0 saturated heterocycles. The first-order valence-corrected chi connectivity index (χ1v) is 8.06. The van der Waals surface area contributed by atoms with Crippen molar-refractivity contribution in [1.82, 2.24) is 0 Å². The van der Waals surface area contributed by atoms with Crippen molar-refractivity contribution in [2.45, 2.75) is 36.3 Å². The molecule has 108 valence electrons. The summed E-state index contributed by atoms with van der Waals surface area (Å²) in [7, 11) is 1.68. The molecule has 0 radical (unpaired) electrons. The number of carbonyl (C=O) groups excluding carboxylic acids is 1. The predicted molar refractivity (Wildman–Crippen MR) is 83.0 cm³/mol. The molecule has 0 spiro atoms. The fourth-order valence-electron chi connectivity index (χ4n) is 2.79. The predicted octanol–water partition coefficient (Wildman–Crippen LogP) is 3.12. The number of methoxy groups -OCH3 is 1. The molecule has 1 aromatic rings. The van der Waals surface area contributed by atoms with Crippen molar-refractivity contribution >= 4 is 29.0 Å². The van der Waals surface area contributed by atoms with Crippen molar-refractivity contribution in [2.75, 3.05) is 30.4 Å². The Labute approximate surface area is 123 Å². The second-order valence-corrected chi connectivity index (χ2v) is 6.43. The third kappa shape index (κ3) is 2.24. The number of benzene rings is 1. The number of hydrogen-bond donors (Lipinski definition) is 1. The molecule has 0 aromatic heterocycles. The number of ether oxygens (including phenoxy) is 1. The molecule has 3 rings (SSSR count). The Morgan fingerprint density at radius 3 is 3.10 bits per heavy atom. The Bertz CT molecular complexity index is 533. The number of anilines is 2. The molecule has 1 amide bonds. The van der Waals surface area contributed by atoms with Gasteiger partial charge in [-0.3, -0.25) is 4.79 Å². The Morgan fingerprint density at radius 1 is 1.50 bits per heavy atom. The molecule has 2 aliphatic rings. The van der Waals surface area contributed by atoms with Gasteiger partial charge in [-0.15, -0.1) is 11.8 Å². The minimum atomic E-state index is 0.0560. The lowest BCUT2D eigenvalue weighted by Crippen LogP contribution is -2.46. The van der Waals surface area contributed by atoms with Crippen LogP contribution in [0.25, 0.3) is 0 Å². The van der Waals surface area contributed by atoms with Gasteiger partial charge in [-0.2, -0.15) is 0 Å². The Hall–Kier alpha value is -1.36. The van der Waals surface area contributed by atoms with E-state index in [-0.39, 0.29) is 11.2 Å². The third-order valence-corrected chi connectivity index (χ3v) is 5.12. The first kappa shape index (κ1) is 13.6. The fraction of sp³-hybridized carbons (Fsp3) is 0.533. The molecule has 0 aliphatic carbocycles. The van der Waals surface area contributed by atoms with Crippen LogP contribution in [0.1, 0.15) is 26.2 Å². The largest absolute Gasteiger partial charge is 0.497 e. The van der Waals surface area contributed by atoms with E-state index in [9.17, 15) is 4.79 Å². The molecular weight excluding hydrogens is 272 g/mol. The summed E-state index contributed by atoms with van der Waals surface area (Å²) in [6.07, 6.45) is 3.18. The standard InChI is InChI=1S/C15H20N2O2S/c1-3-4-5-12-15(18)17-7-6-16-11-8-10(19-2)9-13(20-12)14(11)17/h8-9,12,16H,3-7H2,1-2H3. The number of nitrogens with one attached hydrogen (secondary N) is 1. The normalized spacial score (nSPS) is 20.4. The quantitative estimate of drug-likeness (QED) is 0.926. The van der Waals surface area contributed by atoms with Gasteiger partial charge < -0.3 is 15.0 Å². The van der Waals surface area contributed by atoms with Crippen molar-refractivity contribution in [1.29, 1.82) is 0 Å². The third-order valence-electron chi connectivity index (χ3n) is 3.84. The van der Waals surface area contributed by atoms with Crippen molar-refractivity contribution in [3.05, 3.63) is 12.1 Å². The van der Waals surface area contributed by atoms with Gasteiger partial charge >= 0.3 is 0 Å². The minimum Gasteiger partial charge on any atom is -0.497 e. The first-order chi connectivity index (χ1) is 9.74. The van der Waals surface area contributed by atoms with E-state index in [0.717, 1.165) is 54.4 Å². The molecule has 1 atom stereocenters. The summed E-state index contributed by atoms with van der Waals surface area (Å²) < 4.78 is 5.37. The molecule has 1 unspecified atom stereocenters. The average Bonchev–Trinajstić information content (AvgIpc) is 2.48. The highest BCUT2D eigenvalue weighted by Gasteiger charge is 2.36. The van der Waals surface area contributed by atoms with Gasteiger partial charge in [-0.25, -0.2) is 0 Å². The van der Waals surface area contributed by atoms with Crippen LogP contribution in [0.2, 0.25) is 0 Å². The molecule has 0 saturated carbocycles. The summed E-state index contributed by atoms with van der Waals surface area (Å²) in [4.78, 5) is 15.7. The summed E-state index contributed by atoms with van der Waals surface area (Å²) in [5.74, 6) is 1.12. The highest BCUT2D eigenvalue weighted by Crippen LogP contribution is 2.48. The van der Waals surface area contributed by atoms with E-state index in [1.807, 2.05) is 11.0 Å². The van der Waals surface area contributed by atoms with Gasteiger partial charge in [-0.05, 0) is 12.5 Å². The molecule has 0 fully saturated rings. The molecule has 20 heavy (non-hydrogen) atoms. The number of nitrogens with zero attached hydrogens (tertiary/aromatic N) is 1. The Kier molecular flexibility index (Phi) is 3.78. The van der Waals surface area contributed by atoms with E-state index < -0.39 is 0 Å². The van der Waals surface area contributed by atoms with Crippen LogP contribution >= 0.6 is 11.8 Å². The van der Waals surface area contributed by atoms with Gasteiger partial charge in [0, 0.05) is 24.1 Å². The molecule has 4 nitrogen and oxygen atoms in total. The monoisotopic (exact) mass is 292 g/mol. The highest BCUT2D eigenvalue weighted by molar-refractivity contribution is 8.01. The van der Waals surface area contributed by atoms with Crippen molar-refractivity contribution < 1.29 is 9.53 Å². The van der Waals surface area contributed by atoms with Crippen LogP contribution in [0.4, 0.5) is 11.4 Å². The van der Waals surface area contributed by atoms with E-state index in [2.05, 4.69) is 18.3 Å². The zero-order valence-electron chi connectivity index (χ0n) is 11.9. The van der Waals surface area contributed by atoms with Crippen LogP contribution in [-0.2, 0) is 4.79 Å². The smallest absolute Gasteiger partial charge is 0.240 e. The van der Waals surface area contributed by atoms with Gasteiger partial charge in [0.25, 0.3) is 0 Å². The van der Waals surface area contributed by atoms with E-state index in [4.69, 9.17) is 4.74 Å². The van der Waals surface area contributed by atoms with Gasteiger partial charge in [0.2, 0.25) is 5.91 Å². The topological polar surface area (TPSA) is 41.6 Å². The number of rotatable bonds is 4. The number of unbranched alkanes of at least 4 members (excludes halogenated alkanes) is 1. The summed E-state index contributed by atoms with van der Waals surface area (Å²) >= 11 is 1.69. The van der Waals surface area contributed by atoms with E-state index in [1.54, 1.807) is 18.9 Å². The minimum absolute atomic E-state index is 0.0560. The van der Waals surface area contributed by atoms with Crippen molar-refractivity contribution in [3.63, 3.8) is 0 Å². The van der Waals surface area contributed by atoms with E-state index >= 15 is 0 Å². The maximum absolute atomic E-state index is 12.6. The zero-order chi connectivity index (χ0) is 14.1. The molecule has 0 bridgehead atoms. The van der Waals surface area contributed by atoms with Gasteiger partial charge in [-0.1, -0.05) is 19.8 Å². The molecular formula is C15H20N2O2S. The van der Waals surface area contributed by atoms with E-state index in [0.29, 0.717) is 0 Å². The average molecular weight is 292 g/mol. The number of amides is 1. The van der Waals surface area contributed by atoms with Crippen LogP contribution in [0, 0.1) is 0 Å². The van der Waals surface area contributed by atoms with E-state index in [1.165, 1.54) is 0 Å². The number of carbonyl (C=O) groups is 1. The maximum Gasteiger partial charge on any atom is 0.240 e. The second-order valence-electron chi connectivity index (χ2n) is 5.19. The Morgan fingerprint density at radius 2 is 2.35 bits per heavy atom.